The molecule has 8 nitrogen and oxygen atoms in total. The zero-order chi connectivity index (χ0) is 25.4. The van der Waals surface area contributed by atoms with E-state index in [4.69, 9.17) is 19.0 Å². The van der Waals surface area contributed by atoms with Crippen molar-refractivity contribution in [2.75, 3.05) is 26.8 Å². The Morgan fingerprint density at radius 1 is 1.42 bits per heavy atom. The summed E-state index contributed by atoms with van der Waals surface area (Å²) in [6, 6.07) is 8.44. The number of hydrogen-bond acceptors (Lipinski definition) is 7. The minimum atomic E-state index is -0.165. The van der Waals surface area contributed by atoms with E-state index in [1.807, 2.05) is 30.0 Å². The number of rotatable bonds is 7. The van der Waals surface area contributed by atoms with Crippen LogP contribution in [0.4, 0.5) is 0 Å². The molecule has 0 saturated carbocycles. The SMILES string of the molecule is COCCN1CC2(CCc3c(-c4noc(C5=CC(C#N)=C(OC(C)I)CC5C)n4)cccc32)CC1=O. The van der Waals surface area contributed by atoms with Gasteiger partial charge in [0, 0.05) is 49.6 Å². The summed E-state index contributed by atoms with van der Waals surface area (Å²) in [5.41, 5.74) is 4.54. The van der Waals surface area contributed by atoms with Gasteiger partial charge in [0.05, 0.1) is 12.2 Å². The molecule has 3 unspecified atom stereocenters. The number of hydrogen-bond donors (Lipinski definition) is 0. The van der Waals surface area contributed by atoms with E-state index in [1.54, 1.807) is 7.11 Å². The average molecular weight is 600 g/mol. The first-order valence-corrected chi connectivity index (χ1v) is 13.5. The third-order valence-electron chi connectivity index (χ3n) is 7.46. The van der Waals surface area contributed by atoms with Crippen LogP contribution in [0.25, 0.3) is 17.0 Å². The van der Waals surface area contributed by atoms with Gasteiger partial charge in [-0.25, -0.2) is 0 Å². The number of nitriles is 1. The fourth-order valence-electron chi connectivity index (χ4n) is 5.73. The fourth-order valence-corrected chi connectivity index (χ4v) is 6.03. The van der Waals surface area contributed by atoms with E-state index in [1.165, 1.54) is 11.1 Å². The number of halogens is 1. The molecule has 188 valence electrons. The Balaban J connectivity index is 1.45. The lowest BCUT2D eigenvalue weighted by Crippen LogP contribution is -2.32. The maximum absolute atomic E-state index is 12.7. The molecule has 1 fully saturated rings. The van der Waals surface area contributed by atoms with Crippen molar-refractivity contribution in [2.45, 2.75) is 49.1 Å². The average Bonchev–Trinajstić information content (AvgIpc) is 3.55. The Kier molecular flexibility index (Phi) is 6.92. The van der Waals surface area contributed by atoms with E-state index < -0.39 is 0 Å². The highest BCUT2D eigenvalue weighted by molar-refractivity contribution is 14.1. The van der Waals surface area contributed by atoms with Crippen molar-refractivity contribution >= 4 is 34.1 Å². The molecule has 1 amide bonds. The molecule has 1 aromatic heterocycles. The minimum absolute atomic E-state index is 0.0243. The van der Waals surface area contributed by atoms with Crippen LogP contribution in [0.3, 0.4) is 0 Å². The van der Waals surface area contributed by atoms with E-state index in [9.17, 15) is 10.1 Å². The third-order valence-corrected chi connectivity index (χ3v) is 7.72. The number of carbonyl (C=O) groups excluding carboxylic acids is 1. The number of aromatic nitrogens is 2. The van der Waals surface area contributed by atoms with E-state index in [2.05, 4.69) is 46.8 Å². The van der Waals surface area contributed by atoms with Crippen molar-refractivity contribution in [1.82, 2.24) is 15.0 Å². The van der Waals surface area contributed by atoms with Gasteiger partial charge in [-0.1, -0.05) is 30.3 Å². The Labute approximate surface area is 224 Å². The number of ether oxygens (including phenoxy) is 2. The molecular formula is C27H29IN4O4. The zero-order valence-electron chi connectivity index (χ0n) is 20.7. The molecule has 2 aliphatic carbocycles. The third kappa shape index (κ3) is 4.45. The van der Waals surface area contributed by atoms with Crippen molar-refractivity contribution in [3.8, 4) is 17.5 Å². The van der Waals surface area contributed by atoms with Crippen LogP contribution in [-0.4, -0.2) is 51.9 Å². The highest BCUT2D eigenvalue weighted by Crippen LogP contribution is 2.48. The molecule has 5 rings (SSSR count). The Hall–Kier alpha value is -2.71. The summed E-state index contributed by atoms with van der Waals surface area (Å²) in [6.07, 6.45) is 4.74. The number of likely N-dealkylation sites (tertiary alicyclic amines) is 1. The first-order chi connectivity index (χ1) is 17.3. The number of methoxy groups -OCH3 is 1. The minimum Gasteiger partial charge on any atom is -0.483 e. The van der Waals surface area contributed by atoms with Crippen LogP contribution in [0.1, 0.15) is 50.1 Å². The topological polar surface area (TPSA) is 101 Å². The van der Waals surface area contributed by atoms with Gasteiger partial charge in [0.2, 0.25) is 11.7 Å². The lowest BCUT2D eigenvalue weighted by molar-refractivity contribution is -0.128. The molecular weight excluding hydrogens is 571 g/mol. The second-order valence-electron chi connectivity index (χ2n) is 9.83. The van der Waals surface area contributed by atoms with Crippen molar-refractivity contribution in [2.24, 2.45) is 5.92 Å². The van der Waals surface area contributed by atoms with Crippen LogP contribution >= 0.6 is 22.6 Å². The summed E-state index contributed by atoms with van der Waals surface area (Å²) >= 11 is 2.18. The highest BCUT2D eigenvalue weighted by Gasteiger charge is 2.48. The standard InChI is InChI=1S/C27H29IN4O4/c1-16-11-23(35-17(2)28)18(14-29)12-21(16)26-30-25(31-36-26)20-5-4-6-22-19(20)7-8-27(22)13-24(33)32(15-27)9-10-34-3/h4-6,12,16-17H,7-11,13,15H2,1-3H3. The van der Waals surface area contributed by atoms with Crippen LogP contribution in [0.15, 0.2) is 40.1 Å². The van der Waals surface area contributed by atoms with Gasteiger partial charge in [0.1, 0.15) is 15.9 Å². The summed E-state index contributed by atoms with van der Waals surface area (Å²) in [7, 11) is 1.66. The van der Waals surface area contributed by atoms with E-state index >= 15 is 0 Å². The summed E-state index contributed by atoms with van der Waals surface area (Å²) in [6.45, 7) is 5.90. The number of carbonyl (C=O) groups is 1. The van der Waals surface area contributed by atoms with Crippen LogP contribution in [0, 0.1) is 17.2 Å². The Morgan fingerprint density at radius 3 is 3.00 bits per heavy atom. The van der Waals surface area contributed by atoms with Crippen LogP contribution < -0.4 is 0 Å². The van der Waals surface area contributed by atoms with Gasteiger partial charge in [0.25, 0.3) is 5.89 Å². The summed E-state index contributed by atoms with van der Waals surface area (Å²) in [5.74, 6) is 1.93. The Morgan fingerprint density at radius 2 is 2.25 bits per heavy atom. The van der Waals surface area contributed by atoms with E-state index in [0.717, 1.165) is 30.5 Å². The number of nitrogens with zero attached hydrogens (tertiary/aromatic N) is 4. The van der Waals surface area contributed by atoms with E-state index in [-0.39, 0.29) is 21.4 Å². The summed E-state index contributed by atoms with van der Waals surface area (Å²) in [5, 5.41) is 14.0. The second-order valence-corrected chi connectivity index (χ2v) is 11.6. The number of benzene rings is 1. The molecule has 0 bridgehead atoms. The molecule has 0 radical (unpaired) electrons. The summed E-state index contributed by atoms with van der Waals surface area (Å²) < 4.78 is 16.7. The van der Waals surface area contributed by atoms with Gasteiger partial charge in [-0.3, -0.25) is 4.79 Å². The normalized spacial score (nSPS) is 24.2. The van der Waals surface area contributed by atoms with Gasteiger partial charge in [-0.05, 0) is 65.5 Å². The second kappa shape index (κ2) is 9.98. The molecule has 36 heavy (non-hydrogen) atoms. The molecule has 3 aliphatic rings. The van der Waals surface area contributed by atoms with Crippen LogP contribution in [0.5, 0.6) is 0 Å². The first kappa shape index (κ1) is 25.0. The quantitative estimate of drug-likeness (QED) is 0.333. The maximum Gasteiger partial charge on any atom is 0.254 e. The van der Waals surface area contributed by atoms with Gasteiger partial charge in [0.15, 0.2) is 0 Å². The van der Waals surface area contributed by atoms with Crippen molar-refractivity contribution in [1.29, 1.82) is 5.26 Å². The predicted octanol–water partition coefficient (Wildman–Crippen LogP) is 4.80. The molecule has 1 aromatic carbocycles. The van der Waals surface area contributed by atoms with Gasteiger partial charge in [-0.15, -0.1) is 0 Å². The molecule has 1 aliphatic heterocycles. The molecule has 0 N–H and O–H groups in total. The fraction of sp³-hybridized carbons (Fsp3) is 0.481. The van der Waals surface area contributed by atoms with Crippen LogP contribution in [0.2, 0.25) is 0 Å². The molecule has 2 aromatic rings. The smallest absolute Gasteiger partial charge is 0.254 e. The van der Waals surface area contributed by atoms with Crippen molar-refractivity contribution in [3.63, 3.8) is 0 Å². The number of amides is 1. The van der Waals surface area contributed by atoms with Gasteiger partial charge >= 0.3 is 0 Å². The largest absolute Gasteiger partial charge is 0.483 e. The number of allylic oxidation sites excluding steroid dienone is 4. The molecule has 1 spiro atoms. The predicted molar refractivity (Wildman–Crippen MR) is 142 cm³/mol. The summed E-state index contributed by atoms with van der Waals surface area (Å²) in [4.78, 5) is 19.4. The van der Waals surface area contributed by atoms with E-state index in [0.29, 0.717) is 49.0 Å². The lowest BCUT2D eigenvalue weighted by atomic mass is 9.80. The monoisotopic (exact) mass is 600 g/mol. The Bertz CT molecular complexity index is 1290. The molecule has 3 atom stereocenters. The van der Waals surface area contributed by atoms with Gasteiger partial charge < -0.3 is 18.9 Å². The first-order valence-electron chi connectivity index (χ1n) is 12.2. The lowest BCUT2D eigenvalue weighted by Gasteiger charge is -2.25. The number of fused-ring (bicyclic) bond motifs is 2. The van der Waals surface area contributed by atoms with Crippen molar-refractivity contribution in [3.05, 3.63) is 52.6 Å². The van der Waals surface area contributed by atoms with Crippen LogP contribution in [-0.2, 0) is 26.1 Å². The molecule has 9 heteroatoms. The molecule has 1 saturated heterocycles. The highest BCUT2D eigenvalue weighted by atomic mass is 127. The van der Waals surface area contributed by atoms with Crippen molar-refractivity contribution < 1.29 is 18.8 Å². The zero-order valence-corrected chi connectivity index (χ0v) is 22.9. The van der Waals surface area contributed by atoms with Gasteiger partial charge in [-0.2, -0.15) is 10.2 Å². The number of alkyl halides is 1. The molecule has 2 heterocycles. The maximum atomic E-state index is 12.7.